The van der Waals surface area contributed by atoms with Gasteiger partial charge in [-0.1, -0.05) is 97.1 Å². The summed E-state index contributed by atoms with van der Waals surface area (Å²) in [5, 5.41) is 5.68. The second-order valence-corrected chi connectivity index (χ2v) is 13.1. The lowest BCUT2D eigenvalue weighted by Crippen LogP contribution is -2.56. The molecule has 0 fully saturated rings. The molecule has 260 valence electrons. The van der Waals surface area contributed by atoms with Crippen molar-refractivity contribution in [1.29, 1.82) is 0 Å². The summed E-state index contributed by atoms with van der Waals surface area (Å²) in [6.07, 6.45) is 5.54. The second kappa shape index (κ2) is 16.9. The fraction of sp³-hybridized carbons (Fsp3) is 0.333. The Kier molecular flexibility index (Phi) is 12.2. The Hall–Kier alpha value is -5.24. The third-order valence-electron chi connectivity index (χ3n) is 9.52. The molecular weight excluding hydrogens is 628 g/mol. The van der Waals surface area contributed by atoms with Gasteiger partial charge in [-0.15, -0.1) is 0 Å². The summed E-state index contributed by atoms with van der Waals surface area (Å²) in [6, 6.07) is 32.5. The van der Waals surface area contributed by atoms with Crippen LogP contribution in [0.3, 0.4) is 0 Å². The Labute approximate surface area is 294 Å². The third kappa shape index (κ3) is 9.05. The molecule has 0 atom stereocenters. The Morgan fingerprint density at radius 3 is 0.900 bits per heavy atom. The molecule has 50 heavy (non-hydrogen) atoms. The normalized spacial score (nSPS) is 19.4. The number of carbonyl (C=O) groups excluding carboxylic acids is 4. The quantitative estimate of drug-likeness (QED) is 0.196. The molecule has 0 aliphatic heterocycles. The third-order valence-corrected chi connectivity index (χ3v) is 9.52. The molecule has 4 aromatic rings. The minimum atomic E-state index is -1.25. The molecule has 8 heteroatoms. The predicted octanol–water partition coefficient (Wildman–Crippen LogP) is 5.24. The van der Waals surface area contributed by atoms with Gasteiger partial charge in [-0.05, 0) is 84.0 Å². The molecule has 8 bridgehead atoms. The maximum Gasteiger partial charge on any atom is 0.332 e. The fourth-order valence-corrected chi connectivity index (χ4v) is 6.77. The zero-order chi connectivity index (χ0) is 35.4. The zero-order valence-electron chi connectivity index (χ0n) is 28.9. The van der Waals surface area contributed by atoms with E-state index in [1.165, 1.54) is 0 Å². The van der Waals surface area contributed by atoms with Gasteiger partial charge in [0.05, 0.1) is 13.2 Å². The summed E-state index contributed by atoms with van der Waals surface area (Å²) in [7, 11) is 0. The number of rotatable bonds is 8. The SMILES string of the molecule is CCOC(=O)C1(NC=O)Cc2ccc(cc2)CCc2ccc(cc2)CC(NC=O)(C(=O)OCC)Cc2ccc(cc2)CCc2ccc(cc2)C1. The first-order valence-corrected chi connectivity index (χ1v) is 17.4. The highest BCUT2D eigenvalue weighted by Crippen LogP contribution is 2.25. The van der Waals surface area contributed by atoms with E-state index in [0.29, 0.717) is 12.8 Å². The van der Waals surface area contributed by atoms with Gasteiger partial charge >= 0.3 is 11.9 Å². The maximum atomic E-state index is 13.4. The number of amides is 2. The van der Waals surface area contributed by atoms with Crippen molar-refractivity contribution in [2.45, 2.75) is 76.3 Å². The van der Waals surface area contributed by atoms with E-state index in [0.717, 1.165) is 70.2 Å². The standard InChI is InChI=1S/C42H46N2O6/c1-3-49-39(47)41(43-29-45)25-35-17-9-31(10-18-35)5-7-33-13-21-37(22-14-33)27-42(44-30-46,40(48)50-4-2)28-38-23-15-34(16-24-38)8-6-32-11-19-36(26-41)20-12-32/h9-24,29-30H,3-8,25-28H2,1-2H3,(H,43,45)(H,44,46). The number of benzene rings is 4. The number of nitrogens with one attached hydrogen (secondary N) is 2. The zero-order valence-corrected chi connectivity index (χ0v) is 28.9. The van der Waals surface area contributed by atoms with Crippen molar-refractivity contribution in [2.24, 2.45) is 0 Å². The lowest BCUT2D eigenvalue weighted by molar-refractivity contribution is -0.152. The number of ether oxygens (including phenoxy) is 2. The van der Waals surface area contributed by atoms with E-state index < -0.39 is 23.0 Å². The molecule has 2 amide bonds. The van der Waals surface area contributed by atoms with Gasteiger partial charge in [-0.3, -0.25) is 9.59 Å². The van der Waals surface area contributed by atoms with Crippen LogP contribution in [0.4, 0.5) is 0 Å². The van der Waals surface area contributed by atoms with E-state index in [9.17, 15) is 19.2 Å². The van der Waals surface area contributed by atoms with Crippen LogP contribution in [0.2, 0.25) is 0 Å². The van der Waals surface area contributed by atoms with Crippen LogP contribution in [0.5, 0.6) is 0 Å². The second-order valence-electron chi connectivity index (χ2n) is 13.1. The monoisotopic (exact) mass is 674 g/mol. The molecule has 4 aromatic carbocycles. The van der Waals surface area contributed by atoms with Crippen LogP contribution in [0.15, 0.2) is 97.1 Å². The molecule has 0 heterocycles. The number of hydrogen-bond acceptors (Lipinski definition) is 6. The van der Waals surface area contributed by atoms with E-state index in [-0.39, 0.29) is 38.9 Å². The molecule has 0 saturated carbocycles. The first kappa shape index (κ1) is 36.1. The van der Waals surface area contributed by atoms with E-state index in [1.54, 1.807) is 13.8 Å². The molecule has 8 nitrogen and oxygen atoms in total. The Balaban J connectivity index is 1.48. The van der Waals surface area contributed by atoms with Crippen LogP contribution in [-0.4, -0.2) is 49.1 Å². The molecule has 7 aliphatic carbocycles. The number of carbonyl (C=O) groups is 4. The smallest absolute Gasteiger partial charge is 0.332 e. The number of aryl methyl sites for hydroxylation is 4. The van der Waals surface area contributed by atoms with Gasteiger partial charge < -0.3 is 20.1 Å². The molecule has 2 N–H and O–H groups in total. The van der Waals surface area contributed by atoms with Crippen LogP contribution in [0, 0.1) is 0 Å². The molecular formula is C42H46N2O6. The molecule has 7 aliphatic rings. The van der Waals surface area contributed by atoms with E-state index in [1.807, 2.05) is 48.5 Å². The minimum Gasteiger partial charge on any atom is -0.464 e. The van der Waals surface area contributed by atoms with Crippen LogP contribution >= 0.6 is 0 Å². The maximum absolute atomic E-state index is 13.4. The van der Waals surface area contributed by atoms with Gasteiger partial charge in [0.25, 0.3) is 0 Å². The highest BCUT2D eigenvalue weighted by Gasteiger charge is 2.41. The lowest BCUT2D eigenvalue weighted by Gasteiger charge is -2.31. The summed E-state index contributed by atoms with van der Waals surface area (Å²) in [4.78, 5) is 50.6. The molecule has 11 rings (SSSR count). The Bertz CT molecular complexity index is 1500. The van der Waals surface area contributed by atoms with E-state index in [2.05, 4.69) is 59.2 Å². The van der Waals surface area contributed by atoms with Gasteiger partial charge in [0, 0.05) is 25.7 Å². The summed E-state index contributed by atoms with van der Waals surface area (Å²) in [5.74, 6) is -0.913. The highest BCUT2D eigenvalue weighted by atomic mass is 16.5. The first-order valence-electron chi connectivity index (χ1n) is 17.4. The van der Waals surface area contributed by atoms with Gasteiger partial charge in [-0.25, -0.2) is 9.59 Å². The average Bonchev–Trinajstić information content (AvgIpc) is 3.12. The Morgan fingerprint density at radius 1 is 0.480 bits per heavy atom. The molecule has 0 spiro atoms. The van der Waals surface area contributed by atoms with Crippen LogP contribution in [0.25, 0.3) is 0 Å². The summed E-state index contributed by atoms with van der Waals surface area (Å²) < 4.78 is 11.0. The predicted molar refractivity (Wildman–Crippen MR) is 193 cm³/mol. The van der Waals surface area contributed by atoms with Gasteiger partial charge in [0.2, 0.25) is 12.8 Å². The van der Waals surface area contributed by atoms with Crippen LogP contribution in [0.1, 0.15) is 58.4 Å². The van der Waals surface area contributed by atoms with Crippen molar-refractivity contribution in [3.63, 3.8) is 0 Å². The van der Waals surface area contributed by atoms with Crippen LogP contribution in [-0.2, 0) is 80.0 Å². The summed E-state index contributed by atoms with van der Waals surface area (Å²) >= 11 is 0. The van der Waals surface area contributed by atoms with E-state index >= 15 is 0 Å². The molecule has 0 unspecified atom stereocenters. The van der Waals surface area contributed by atoms with Crippen molar-refractivity contribution in [3.05, 3.63) is 142 Å². The lowest BCUT2D eigenvalue weighted by atomic mass is 9.83. The van der Waals surface area contributed by atoms with Gasteiger partial charge in [0.1, 0.15) is 11.1 Å². The highest BCUT2D eigenvalue weighted by molar-refractivity contribution is 5.85. The van der Waals surface area contributed by atoms with Crippen molar-refractivity contribution in [1.82, 2.24) is 10.6 Å². The average molecular weight is 675 g/mol. The molecule has 0 radical (unpaired) electrons. The number of esters is 2. The van der Waals surface area contributed by atoms with Crippen molar-refractivity contribution < 1.29 is 28.7 Å². The summed E-state index contributed by atoms with van der Waals surface area (Å²) in [6.45, 7) is 3.95. The Morgan fingerprint density at radius 2 is 0.700 bits per heavy atom. The molecule has 0 aromatic heterocycles. The largest absolute Gasteiger partial charge is 0.464 e. The van der Waals surface area contributed by atoms with Crippen molar-refractivity contribution in [3.8, 4) is 0 Å². The van der Waals surface area contributed by atoms with Crippen molar-refractivity contribution in [2.75, 3.05) is 13.2 Å². The van der Waals surface area contributed by atoms with Gasteiger partial charge in [0.15, 0.2) is 0 Å². The first-order chi connectivity index (χ1) is 24.3. The van der Waals surface area contributed by atoms with Crippen molar-refractivity contribution >= 4 is 24.8 Å². The topological polar surface area (TPSA) is 111 Å². The summed E-state index contributed by atoms with van der Waals surface area (Å²) in [5.41, 5.74) is 5.73. The van der Waals surface area contributed by atoms with Crippen LogP contribution < -0.4 is 10.6 Å². The molecule has 0 saturated heterocycles. The minimum absolute atomic E-state index is 0.211. The fourth-order valence-electron chi connectivity index (χ4n) is 6.77. The van der Waals surface area contributed by atoms with E-state index in [4.69, 9.17) is 9.47 Å². The van der Waals surface area contributed by atoms with Gasteiger partial charge in [-0.2, -0.15) is 0 Å². The number of hydrogen-bond donors (Lipinski definition) is 2.